The SMILES string of the molecule is CC1(C(F)(F)F)C=C(N)C=CC1=C1C=C(N)C(N)=C(N)C1(C)C(F)(F)F. The first-order valence-corrected chi connectivity index (χ1v) is 7.35. The van der Waals surface area contributed by atoms with Crippen LogP contribution < -0.4 is 22.9 Å². The van der Waals surface area contributed by atoms with Crippen LogP contribution in [0.2, 0.25) is 0 Å². The van der Waals surface area contributed by atoms with Gasteiger partial charge in [-0.1, -0.05) is 6.08 Å². The van der Waals surface area contributed by atoms with Crippen LogP contribution >= 0.6 is 0 Å². The van der Waals surface area contributed by atoms with Gasteiger partial charge in [-0.2, -0.15) is 26.3 Å². The lowest BCUT2D eigenvalue weighted by Crippen LogP contribution is -2.48. The summed E-state index contributed by atoms with van der Waals surface area (Å²) in [6, 6.07) is 0. The molecular weight excluding hydrogens is 362 g/mol. The highest BCUT2D eigenvalue weighted by molar-refractivity contribution is 5.58. The van der Waals surface area contributed by atoms with Crippen LogP contribution in [-0.4, -0.2) is 12.4 Å². The number of allylic oxidation sites excluding steroid dienone is 6. The van der Waals surface area contributed by atoms with Gasteiger partial charge in [0.05, 0.1) is 17.1 Å². The van der Waals surface area contributed by atoms with E-state index in [1.165, 1.54) is 0 Å². The van der Waals surface area contributed by atoms with Crippen molar-refractivity contribution in [1.29, 1.82) is 0 Å². The van der Waals surface area contributed by atoms with Gasteiger partial charge in [0.1, 0.15) is 10.8 Å². The van der Waals surface area contributed by atoms with E-state index in [4.69, 9.17) is 22.9 Å². The molecule has 0 bridgehead atoms. The number of nitrogens with two attached hydrogens (primary N) is 4. The van der Waals surface area contributed by atoms with Crippen molar-refractivity contribution in [3.63, 3.8) is 0 Å². The minimum atomic E-state index is -5.02. The van der Waals surface area contributed by atoms with Gasteiger partial charge in [-0.3, -0.25) is 0 Å². The lowest BCUT2D eigenvalue weighted by molar-refractivity contribution is -0.196. The zero-order chi connectivity index (χ0) is 20.3. The van der Waals surface area contributed by atoms with E-state index >= 15 is 0 Å². The largest absolute Gasteiger partial charge is 0.403 e. The molecule has 26 heavy (non-hydrogen) atoms. The summed E-state index contributed by atoms with van der Waals surface area (Å²) in [4.78, 5) is 0. The van der Waals surface area contributed by atoms with Gasteiger partial charge < -0.3 is 22.9 Å². The van der Waals surface area contributed by atoms with E-state index in [-0.39, 0.29) is 11.4 Å². The minimum absolute atomic E-state index is 0.223. The standard InChI is InChI=1S/C16H18F6N4/c1-13(15(17,18)19)6-7(23)3-4-8(13)9-5-10(24)11(25)12(26)14(9,2)16(20,21)22/h3-6H,23-26H2,1-2H3. The van der Waals surface area contributed by atoms with Crippen molar-refractivity contribution in [3.05, 3.63) is 58.2 Å². The third-order valence-electron chi connectivity index (χ3n) is 4.88. The van der Waals surface area contributed by atoms with Crippen molar-refractivity contribution in [2.75, 3.05) is 0 Å². The number of alkyl halides is 6. The second-order valence-electron chi connectivity index (χ2n) is 6.55. The molecule has 2 aliphatic rings. The quantitative estimate of drug-likeness (QED) is 0.485. The Bertz CT molecular complexity index is 797. The Morgan fingerprint density at radius 3 is 1.81 bits per heavy atom. The molecule has 2 atom stereocenters. The second kappa shape index (κ2) is 5.49. The van der Waals surface area contributed by atoms with Crippen molar-refractivity contribution in [3.8, 4) is 0 Å². The third kappa shape index (κ3) is 2.55. The summed E-state index contributed by atoms with van der Waals surface area (Å²) in [6.45, 7) is 1.41. The average Bonchev–Trinajstić information content (AvgIpc) is 2.47. The van der Waals surface area contributed by atoms with Crippen LogP contribution in [0.5, 0.6) is 0 Å². The highest BCUT2D eigenvalue weighted by Crippen LogP contribution is 2.57. The monoisotopic (exact) mass is 380 g/mol. The summed E-state index contributed by atoms with van der Waals surface area (Å²) in [6.07, 6.45) is -6.49. The van der Waals surface area contributed by atoms with Gasteiger partial charge in [-0.25, -0.2) is 0 Å². The van der Waals surface area contributed by atoms with E-state index in [0.29, 0.717) is 13.0 Å². The normalized spacial score (nSPS) is 33.2. The van der Waals surface area contributed by atoms with E-state index in [2.05, 4.69) is 0 Å². The third-order valence-corrected chi connectivity index (χ3v) is 4.88. The van der Waals surface area contributed by atoms with Gasteiger partial charge in [0.15, 0.2) is 0 Å². The Morgan fingerprint density at radius 2 is 1.35 bits per heavy atom. The molecule has 0 aromatic heterocycles. The lowest BCUT2D eigenvalue weighted by Gasteiger charge is -2.42. The Hall–Kier alpha value is -2.52. The van der Waals surface area contributed by atoms with Crippen molar-refractivity contribution in [2.45, 2.75) is 26.2 Å². The van der Waals surface area contributed by atoms with Gasteiger partial charge in [-0.05, 0) is 43.2 Å². The lowest BCUT2D eigenvalue weighted by atomic mass is 9.66. The maximum absolute atomic E-state index is 13.9. The second-order valence-corrected chi connectivity index (χ2v) is 6.55. The summed E-state index contributed by atoms with van der Waals surface area (Å²) in [5.41, 5.74) is 13.2. The molecule has 144 valence electrons. The molecule has 0 radical (unpaired) electrons. The van der Waals surface area contributed by atoms with Crippen LogP contribution in [0.3, 0.4) is 0 Å². The van der Waals surface area contributed by atoms with E-state index < -0.39 is 45.7 Å². The minimum Gasteiger partial charge on any atom is -0.399 e. The van der Waals surface area contributed by atoms with Crippen LogP contribution in [0.1, 0.15) is 13.8 Å². The molecule has 0 fully saturated rings. The van der Waals surface area contributed by atoms with Crippen LogP contribution in [0, 0.1) is 10.8 Å². The molecule has 10 heteroatoms. The van der Waals surface area contributed by atoms with Crippen molar-refractivity contribution < 1.29 is 26.3 Å². The Balaban J connectivity index is 2.96. The summed E-state index contributed by atoms with van der Waals surface area (Å²) < 4.78 is 82.9. The summed E-state index contributed by atoms with van der Waals surface area (Å²) in [7, 11) is 0. The molecule has 0 amide bonds. The molecule has 0 saturated heterocycles. The van der Waals surface area contributed by atoms with E-state index in [9.17, 15) is 26.3 Å². The number of hydrogen-bond donors (Lipinski definition) is 4. The van der Waals surface area contributed by atoms with Crippen molar-refractivity contribution in [1.82, 2.24) is 0 Å². The molecule has 0 aromatic rings. The van der Waals surface area contributed by atoms with Gasteiger partial charge in [-0.15, -0.1) is 0 Å². The van der Waals surface area contributed by atoms with Crippen LogP contribution in [0.15, 0.2) is 58.2 Å². The number of halogens is 6. The smallest absolute Gasteiger partial charge is 0.399 e. The molecule has 0 spiro atoms. The molecule has 0 saturated carbocycles. The summed E-state index contributed by atoms with van der Waals surface area (Å²) >= 11 is 0. The molecule has 2 aliphatic carbocycles. The Kier molecular flexibility index (Phi) is 4.18. The molecule has 2 rings (SSSR count). The first-order valence-electron chi connectivity index (χ1n) is 7.35. The molecule has 0 aliphatic heterocycles. The van der Waals surface area contributed by atoms with Gasteiger partial charge in [0, 0.05) is 5.70 Å². The average molecular weight is 380 g/mol. The van der Waals surface area contributed by atoms with Crippen LogP contribution in [-0.2, 0) is 0 Å². The topological polar surface area (TPSA) is 104 Å². The van der Waals surface area contributed by atoms with Gasteiger partial charge in [0.25, 0.3) is 0 Å². The fourth-order valence-corrected chi connectivity index (χ4v) is 3.02. The molecule has 0 heterocycles. The zero-order valence-corrected chi connectivity index (χ0v) is 13.9. The van der Waals surface area contributed by atoms with E-state index in [1.54, 1.807) is 0 Å². The Labute approximate surface area is 145 Å². The summed E-state index contributed by atoms with van der Waals surface area (Å²) in [5, 5.41) is 0. The van der Waals surface area contributed by atoms with Crippen LogP contribution in [0.4, 0.5) is 26.3 Å². The molecule has 0 aromatic carbocycles. The fraction of sp³-hybridized carbons (Fsp3) is 0.375. The molecule has 2 unspecified atom stereocenters. The summed E-state index contributed by atoms with van der Waals surface area (Å²) in [5.74, 6) is 0. The van der Waals surface area contributed by atoms with Gasteiger partial charge in [0.2, 0.25) is 0 Å². The number of rotatable bonds is 0. The van der Waals surface area contributed by atoms with Gasteiger partial charge >= 0.3 is 12.4 Å². The Morgan fingerprint density at radius 1 is 0.808 bits per heavy atom. The maximum Gasteiger partial charge on any atom is 0.403 e. The highest BCUT2D eigenvalue weighted by Gasteiger charge is 2.61. The predicted molar refractivity (Wildman–Crippen MR) is 84.4 cm³/mol. The highest BCUT2D eigenvalue weighted by atomic mass is 19.4. The van der Waals surface area contributed by atoms with E-state index in [0.717, 1.165) is 25.2 Å². The van der Waals surface area contributed by atoms with E-state index in [1.807, 2.05) is 0 Å². The van der Waals surface area contributed by atoms with Crippen LogP contribution in [0.25, 0.3) is 0 Å². The zero-order valence-electron chi connectivity index (χ0n) is 13.9. The predicted octanol–water partition coefficient (Wildman–Crippen LogP) is 2.82. The molecule has 8 N–H and O–H groups in total. The van der Waals surface area contributed by atoms with Crippen molar-refractivity contribution in [2.24, 2.45) is 33.8 Å². The maximum atomic E-state index is 13.9. The molecular formula is C16H18F6N4. The molecule has 4 nitrogen and oxygen atoms in total. The first kappa shape index (κ1) is 19.8. The first-order chi connectivity index (χ1) is 11.6. The number of hydrogen-bond acceptors (Lipinski definition) is 4. The van der Waals surface area contributed by atoms with Crippen molar-refractivity contribution >= 4 is 0 Å². The fourth-order valence-electron chi connectivity index (χ4n) is 3.02.